The Balaban J connectivity index is 2.36. The van der Waals surface area contributed by atoms with Crippen molar-refractivity contribution in [2.75, 3.05) is 26.3 Å². The second-order valence-electron chi connectivity index (χ2n) is 3.33. The predicted molar refractivity (Wildman–Crippen MR) is 50.3 cm³/mol. The lowest BCUT2D eigenvalue weighted by molar-refractivity contribution is -0.136. The molecule has 76 valence electrons. The van der Waals surface area contributed by atoms with Crippen LogP contribution in [0.15, 0.2) is 0 Å². The number of amides is 1. The normalized spacial score (nSPS) is 20.0. The van der Waals surface area contributed by atoms with Crippen molar-refractivity contribution in [3.8, 4) is 0 Å². The van der Waals surface area contributed by atoms with E-state index in [9.17, 15) is 4.79 Å². The van der Waals surface area contributed by atoms with Gasteiger partial charge in [-0.15, -0.1) is 0 Å². The lowest BCUT2D eigenvalue weighted by Gasteiger charge is -2.29. The summed E-state index contributed by atoms with van der Waals surface area (Å²) in [7, 11) is 0. The van der Waals surface area contributed by atoms with Crippen LogP contribution in [0.3, 0.4) is 0 Å². The van der Waals surface area contributed by atoms with Crippen LogP contribution in [0.2, 0.25) is 0 Å². The summed E-state index contributed by atoms with van der Waals surface area (Å²) in [6, 6.07) is -0.317. The molecule has 13 heavy (non-hydrogen) atoms. The molecule has 0 unspecified atom stereocenters. The van der Waals surface area contributed by atoms with Gasteiger partial charge in [0.15, 0.2) is 0 Å². The Bertz CT molecular complexity index is 167. The van der Waals surface area contributed by atoms with Gasteiger partial charge >= 0.3 is 0 Å². The average Bonchev–Trinajstić information content (AvgIpc) is 2.18. The van der Waals surface area contributed by atoms with E-state index in [2.05, 4.69) is 0 Å². The molecule has 1 atom stereocenters. The molecule has 0 aliphatic carbocycles. The zero-order chi connectivity index (χ0) is 9.68. The van der Waals surface area contributed by atoms with Gasteiger partial charge < -0.3 is 15.4 Å². The lowest BCUT2D eigenvalue weighted by atomic mass is 10.1. The number of ether oxygens (including phenoxy) is 1. The first-order valence-corrected chi connectivity index (χ1v) is 4.87. The van der Waals surface area contributed by atoms with Crippen LogP contribution in [0.25, 0.3) is 0 Å². The molecule has 4 heteroatoms. The number of hydrogen-bond acceptors (Lipinski definition) is 3. The van der Waals surface area contributed by atoms with Gasteiger partial charge in [0.25, 0.3) is 0 Å². The third-order valence-corrected chi connectivity index (χ3v) is 2.24. The molecular weight excluding hydrogens is 168 g/mol. The van der Waals surface area contributed by atoms with Crippen molar-refractivity contribution in [3.05, 3.63) is 0 Å². The van der Waals surface area contributed by atoms with Crippen LogP contribution in [-0.4, -0.2) is 43.2 Å². The van der Waals surface area contributed by atoms with Crippen molar-refractivity contribution in [1.29, 1.82) is 0 Å². The summed E-state index contributed by atoms with van der Waals surface area (Å²) < 4.78 is 5.15. The van der Waals surface area contributed by atoms with E-state index in [-0.39, 0.29) is 11.9 Å². The molecule has 0 aromatic heterocycles. The van der Waals surface area contributed by atoms with E-state index in [1.54, 1.807) is 4.90 Å². The predicted octanol–water partition coefficient (Wildman–Crippen LogP) is -0.0274. The van der Waals surface area contributed by atoms with Gasteiger partial charge in [0.2, 0.25) is 5.91 Å². The molecule has 1 saturated heterocycles. The highest BCUT2D eigenvalue weighted by atomic mass is 16.5. The molecule has 1 fully saturated rings. The third kappa shape index (κ3) is 2.97. The van der Waals surface area contributed by atoms with E-state index < -0.39 is 0 Å². The fourth-order valence-corrected chi connectivity index (χ4v) is 1.45. The fraction of sp³-hybridized carbons (Fsp3) is 0.889. The minimum atomic E-state index is -0.317. The smallest absolute Gasteiger partial charge is 0.239 e. The summed E-state index contributed by atoms with van der Waals surface area (Å²) in [5.74, 6) is 0.0742. The van der Waals surface area contributed by atoms with Gasteiger partial charge in [-0.1, -0.05) is 13.3 Å². The standard InChI is InChI=1S/C9H18N2O2/c1-2-3-8(10)9(12)11-4-6-13-7-5-11/h8H,2-7,10H2,1H3/t8-/m1/s1. The van der Waals surface area contributed by atoms with Crippen molar-refractivity contribution in [3.63, 3.8) is 0 Å². The molecule has 1 aliphatic heterocycles. The topological polar surface area (TPSA) is 55.6 Å². The fourth-order valence-electron chi connectivity index (χ4n) is 1.45. The van der Waals surface area contributed by atoms with Gasteiger partial charge in [-0.05, 0) is 6.42 Å². The maximum absolute atomic E-state index is 11.6. The number of nitrogens with two attached hydrogens (primary N) is 1. The zero-order valence-corrected chi connectivity index (χ0v) is 8.16. The van der Waals surface area contributed by atoms with Gasteiger partial charge in [-0.2, -0.15) is 0 Å². The van der Waals surface area contributed by atoms with Crippen LogP contribution >= 0.6 is 0 Å². The van der Waals surface area contributed by atoms with Crippen molar-refractivity contribution in [2.45, 2.75) is 25.8 Å². The first-order valence-electron chi connectivity index (χ1n) is 4.87. The minimum absolute atomic E-state index is 0.0742. The Morgan fingerprint density at radius 2 is 2.15 bits per heavy atom. The molecule has 0 aromatic rings. The quantitative estimate of drug-likeness (QED) is 0.673. The number of morpholine rings is 1. The van der Waals surface area contributed by atoms with Crippen molar-refractivity contribution in [2.24, 2.45) is 5.73 Å². The molecule has 1 rings (SSSR count). The Labute approximate surface area is 79.0 Å². The van der Waals surface area contributed by atoms with E-state index in [0.717, 1.165) is 12.8 Å². The first kappa shape index (κ1) is 10.5. The summed E-state index contributed by atoms with van der Waals surface area (Å²) >= 11 is 0. The van der Waals surface area contributed by atoms with Crippen molar-refractivity contribution >= 4 is 5.91 Å². The van der Waals surface area contributed by atoms with Crippen LogP contribution in [0.5, 0.6) is 0 Å². The largest absolute Gasteiger partial charge is 0.378 e. The van der Waals surface area contributed by atoms with E-state index in [0.29, 0.717) is 26.3 Å². The highest BCUT2D eigenvalue weighted by Crippen LogP contribution is 2.03. The Morgan fingerprint density at radius 1 is 1.54 bits per heavy atom. The number of hydrogen-bond donors (Lipinski definition) is 1. The Hall–Kier alpha value is -0.610. The molecule has 0 saturated carbocycles. The highest BCUT2D eigenvalue weighted by molar-refractivity contribution is 5.81. The third-order valence-electron chi connectivity index (χ3n) is 2.24. The van der Waals surface area contributed by atoms with E-state index in [4.69, 9.17) is 10.5 Å². The van der Waals surface area contributed by atoms with Gasteiger partial charge in [0.1, 0.15) is 0 Å². The van der Waals surface area contributed by atoms with E-state index in [1.165, 1.54) is 0 Å². The van der Waals surface area contributed by atoms with E-state index >= 15 is 0 Å². The molecule has 0 aromatic carbocycles. The lowest BCUT2D eigenvalue weighted by Crippen LogP contribution is -2.48. The Morgan fingerprint density at radius 3 is 2.69 bits per heavy atom. The summed E-state index contributed by atoms with van der Waals surface area (Å²) in [5.41, 5.74) is 5.73. The molecule has 1 aliphatic rings. The number of carbonyl (C=O) groups is 1. The van der Waals surface area contributed by atoms with E-state index in [1.807, 2.05) is 6.92 Å². The van der Waals surface area contributed by atoms with Crippen LogP contribution in [0.1, 0.15) is 19.8 Å². The molecule has 0 bridgehead atoms. The summed E-state index contributed by atoms with van der Waals surface area (Å²) in [4.78, 5) is 13.4. The van der Waals surface area contributed by atoms with Crippen LogP contribution in [0, 0.1) is 0 Å². The second-order valence-corrected chi connectivity index (χ2v) is 3.33. The monoisotopic (exact) mass is 186 g/mol. The molecule has 4 nitrogen and oxygen atoms in total. The highest BCUT2D eigenvalue weighted by Gasteiger charge is 2.21. The van der Waals surface area contributed by atoms with Crippen LogP contribution in [0.4, 0.5) is 0 Å². The van der Waals surface area contributed by atoms with Crippen molar-refractivity contribution in [1.82, 2.24) is 4.90 Å². The molecule has 0 spiro atoms. The van der Waals surface area contributed by atoms with Crippen LogP contribution < -0.4 is 5.73 Å². The molecule has 0 radical (unpaired) electrons. The Kier molecular flexibility index (Phi) is 4.18. The average molecular weight is 186 g/mol. The maximum Gasteiger partial charge on any atom is 0.239 e. The molecule has 1 amide bonds. The number of carbonyl (C=O) groups excluding carboxylic acids is 1. The first-order chi connectivity index (χ1) is 6.25. The van der Waals surface area contributed by atoms with Gasteiger partial charge in [0.05, 0.1) is 19.3 Å². The summed E-state index contributed by atoms with van der Waals surface area (Å²) in [6.45, 7) is 4.70. The number of nitrogens with zero attached hydrogens (tertiary/aromatic N) is 1. The minimum Gasteiger partial charge on any atom is -0.378 e. The number of rotatable bonds is 3. The van der Waals surface area contributed by atoms with Crippen molar-refractivity contribution < 1.29 is 9.53 Å². The molecular formula is C9H18N2O2. The zero-order valence-electron chi connectivity index (χ0n) is 8.16. The van der Waals surface area contributed by atoms with Crippen LogP contribution in [-0.2, 0) is 9.53 Å². The summed E-state index contributed by atoms with van der Waals surface area (Å²) in [6.07, 6.45) is 1.73. The maximum atomic E-state index is 11.6. The SMILES string of the molecule is CCC[C@@H](N)C(=O)N1CCOCC1. The van der Waals surface area contributed by atoms with Gasteiger partial charge in [-0.3, -0.25) is 4.79 Å². The second kappa shape index (κ2) is 5.19. The molecule has 1 heterocycles. The summed E-state index contributed by atoms with van der Waals surface area (Å²) in [5, 5.41) is 0. The van der Waals surface area contributed by atoms with Gasteiger partial charge in [-0.25, -0.2) is 0 Å². The molecule has 2 N–H and O–H groups in total. The van der Waals surface area contributed by atoms with Gasteiger partial charge in [0, 0.05) is 13.1 Å².